The molecule has 0 saturated carbocycles. The first-order valence-corrected chi connectivity index (χ1v) is 10.8. The molecule has 2 aromatic heterocycles. The van der Waals surface area contributed by atoms with Gasteiger partial charge in [-0.3, -0.25) is 4.68 Å². The van der Waals surface area contributed by atoms with E-state index in [2.05, 4.69) is 30.2 Å². The summed E-state index contributed by atoms with van der Waals surface area (Å²) in [5.41, 5.74) is 6.26. The van der Waals surface area contributed by atoms with E-state index in [9.17, 15) is 4.79 Å². The fourth-order valence-electron chi connectivity index (χ4n) is 4.09. The molecule has 0 aliphatic carbocycles. The van der Waals surface area contributed by atoms with E-state index in [0.717, 1.165) is 54.1 Å². The highest BCUT2D eigenvalue weighted by Gasteiger charge is 2.20. The summed E-state index contributed by atoms with van der Waals surface area (Å²) in [6.45, 7) is 2.96. The monoisotopic (exact) mass is 434 g/mol. The predicted octanol–water partition coefficient (Wildman–Crippen LogP) is 4.93. The summed E-state index contributed by atoms with van der Waals surface area (Å²) in [5.74, 6) is 0.738. The van der Waals surface area contributed by atoms with Crippen LogP contribution in [0.2, 0.25) is 0 Å². The minimum Gasteiger partial charge on any atom is -0.494 e. The average molecular weight is 435 g/mol. The van der Waals surface area contributed by atoms with Crippen LogP contribution < -0.4 is 4.74 Å². The lowest BCUT2D eigenvalue weighted by atomic mass is 10.0. The molecule has 8 heteroatoms. The minimum absolute atomic E-state index is 0.396. The Bertz CT molecular complexity index is 1370. The first kappa shape index (κ1) is 19.6. The number of aromatic nitrogens is 3. The Balaban J connectivity index is 1.58. The summed E-state index contributed by atoms with van der Waals surface area (Å²) in [4.78, 5) is 17.4. The number of nitrogens with zero attached hydrogens (tertiary/aromatic N) is 4. The van der Waals surface area contributed by atoms with E-state index in [0.29, 0.717) is 19.5 Å². The molecule has 158 valence electrons. The molecule has 0 unspecified atom stereocenters. The van der Waals surface area contributed by atoms with Gasteiger partial charge in [-0.15, -0.1) is 11.3 Å². The molecular formula is C23H22N4O3S. The van der Waals surface area contributed by atoms with Gasteiger partial charge in [0.1, 0.15) is 16.3 Å². The molecule has 0 saturated heterocycles. The number of aryl methyl sites for hydroxylation is 2. The minimum atomic E-state index is -0.883. The van der Waals surface area contributed by atoms with E-state index in [1.54, 1.807) is 18.4 Å². The van der Waals surface area contributed by atoms with Gasteiger partial charge in [0.15, 0.2) is 0 Å². The zero-order valence-electron chi connectivity index (χ0n) is 17.5. The molecule has 1 amide bonds. The molecule has 3 heterocycles. The molecule has 0 spiro atoms. The molecule has 7 nitrogen and oxygen atoms in total. The average Bonchev–Trinajstić information content (AvgIpc) is 3.36. The maximum atomic E-state index is 11.2. The van der Waals surface area contributed by atoms with Crippen LogP contribution >= 0.6 is 11.3 Å². The van der Waals surface area contributed by atoms with Crippen LogP contribution in [0.4, 0.5) is 4.79 Å². The Morgan fingerprint density at radius 1 is 1.19 bits per heavy atom. The molecule has 5 rings (SSSR count). The second-order valence-corrected chi connectivity index (χ2v) is 8.82. The molecule has 31 heavy (non-hydrogen) atoms. The molecule has 1 N–H and O–H groups in total. The van der Waals surface area contributed by atoms with Crippen molar-refractivity contribution in [1.82, 2.24) is 19.7 Å². The third kappa shape index (κ3) is 3.42. The zero-order valence-corrected chi connectivity index (χ0v) is 18.4. The van der Waals surface area contributed by atoms with Gasteiger partial charge in [-0.1, -0.05) is 6.08 Å². The van der Waals surface area contributed by atoms with E-state index in [-0.39, 0.29) is 0 Å². The number of carboxylic acid groups (broad SMARTS) is 1. The van der Waals surface area contributed by atoms with Crippen LogP contribution in [-0.2, 0) is 7.05 Å². The number of rotatable bonds is 3. The molecule has 4 aromatic rings. The van der Waals surface area contributed by atoms with E-state index in [4.69, 9.17) is 14.8 Å². The molecule has 1 aliphatic heterocycles. The van der Waals surface area contributed by atoms with Crippen molar-refractivity contribution >= 4 is 44.1 Å². The highest BCUT2D eigenvalue weighted by molar-refractivity contribution is 7.19. The number of benzene rings is 2. The van der Waals surface area contributed by atoms with Crippen LogP contribution in [0, 0.1) is 6.92 Å². The normalized spacial score (nSPS) is 14.3. The summed E-state index contributed by atoms with van der Waals surface area (Å²) in [7, 11) is 3.60. The SMILES string of the molecule is COc1cc(-c2cc(C)c3nn(C)cc3c2)cc2sc(C3=CCN(C(=O)O)CC3)nc12. The molecule has 1 aliphatic rings. The molecular weight excluding hydrogens is 412 g/mol. The van der Waals surface area contributed by atoms with Gasteiger partial charge in [-0.2, -0.15) is 5.10 Å². The van der Waals surface area contributed by atoms with Gasteiger partial charge in [-0.25, -0.2) is 9.78 Å². The van der Waals surface area contributed by atoms with Crippen LogP contribution in [0.3, 0.4) is 0 Å². The van der Waals surface area contributed by atoms with Gasteiger partial charge >= 0.3 is 6.09 Å². The number of methoxy groups -OCH3 is 1. The van der Waals surface area contributed by atoms with Gasteiger partial charge in [0, 0.05) is 31.7 Å². The van der Waals surface area contributed by atoms with Crippen LogP contribution in [0.25, 0.3) is 37.8 Å². The molecule has 2 aromatic carbocycles. The Morgan fingerprint density at radius 2 is 2.00 bits per heavy atom. The third-order valence-corrected chi connectivity index (χ3v) is 6.76. The lowest BCUT2D eigenvalue weighted by Gasteiger charge is -2.22. The van der Waals surface area contributed by atoms with Crippen molar-refractivity contribution in [2.75, 3.05) is 20.2 Å². The zero-order chi connectivity index (χ0) is 21.7. The smallest absolute Gasteiger partial charge is 0.407 e. The highest BCUT2D eigenvalue weighted by atomic mass is 32.1. The van der Waals surface area contributed by atoms with Crippen molar-refractivity contribution in [2.24, 2.45) is 7.05 Å². The number of hydrogen-bond acceptors (Lipinski definition) is 5. The Labute approximate surface area is 183 Å². The Hall–Kier alpha value is -3.39. The fourth-order valence-corrected chi connectivity index (χ4v) is 5.18. The lowest BCUT2D eigenvalue weighted by molar-refractivity contribution is 0.150. The van der Waals surface area contributed by atoms with Crippen molar-refractivity contribution in [3.8, 4) is 16.9 Å². The quantitative estimate of drug-likeness (QED) is 0.494. The highest BCUT2D eigenvalue weighted by Crippen LogP contribution is 2.39. The van der Waals surface area contributed by atoms with Crippen LogP contribution in [0.1, 0.15) is 17.0 Å². The van der Waals surface area contributed by atoms with Gasteiger partial charge in [-0.05, 0) is 59.9 Å². The van der Waals surface area contributed by atoms with E-state index < -0.39 is 6.09 Å². The summed E-state index contributed by atoms with van der Waals surface area (Å²) in [6.07, 6.45) is 3.77. The molecule has 0 fully saturated rings. The second kappa shape index (κ2) is 7.39. The van der Waals surface area contributed by atoms with Crippen LogP contribution in [0.15, 0.2) is 36.5 Å². The largest absolute Gasteiger partial charge is 0.494 e. The van der Waals surface area contributed by atoms with E-state index in [1.807, 2.05) is 30.1 Å². The van der Waals surface area contributed by atoms with Gasteiger partial charge < -0.3 is 14.7 Å². The maximum absolute atomic E-state index is 11.2. The van der Waals surface area contributed by atoms with Crippen LogP contribution in [0.5, 0.6) is 5.75 Å². The first-order chi connectivity index (χ1) is 14.9. The number of carbonyl (C=O) groups is 1. The number of amides is 1. The number of hydrogen-bond donors (Lipinski definition) is 1. The predicted molar refractivity (Wildman–Crippen MR) is 123 cm³/mol. The topological polar surface area (TPSA) is 80.5 Å². The van der Waals surface area contributed by atoms with Crippen molar-refractivity contribution in [3.05, 3.63) is 47.1 Å². The maximum Gasteiger partial charge on any atom is 0.407 e. The Kier molecular flexibility index (Phi) is 4.66. The summed E-state index contributed by atoms with van der Waals surface area (Å²) >= 11 is 1.62. The van der Waals surface area contributed by atoms with Crippen LogP contribution in [-0.4, -0.2) is 51.1 Å². The van der Waals surface area contributed by atoms with Gasteiger partial charge in [0.2, 0.25) is 0 Å². The summed E-state index contributed by atoms with van der Waals surface area (Å²) in [6, 6.07) is 8.50. The van der Waals surface area contributed by atoms with Gasteiger partial charge in [0.25, 0.3) is 0 Å². The number of ether oxygens (including phenoxy) is 1. The van der Waals surface area contributed by atoms with Crippen molar-refractivity contribution in [3.63, 3.8) is 0 Å². The van der Waals surface area contributed by atoms with Crippen molar-refractivity contribution < 1.29 is 14.6 Å². The first-order valence-electron chi connectivity index (χ1n) is 10.0. The fraction of sp³-hybridized carbons (Fsp3) is 0.261. The third-order valence-electron chi connectivity index (χ3n) is 5.68. The number of fused-ring (bicyclic) bond motifs is 2. The standard InChI is InChI=1S/C23H22N4O3S/c1-13-8-15(9-17-12-26(2)25-20(13)17)16-10-18(30-3)21-19(11-16)31-22(24-21)14-4-6-27(7-5-14)23(28)29/h4,8-12H,5-7H2,1-3H3,(H,28,29). The van der Waals surface area contributed by atoms with Gasteiger partial charge in [0.05, 0.1) is 17.3 Å². The molecule has 0 atom stereocenters. The molecule has 0 bridgehead atoms. The van der Waals surface area contributed by atoms with E-state index >= 15 is 0 Å². The second-order valence-electron chi connectivity index (χ2n) is 7.79. The number of thiazole rings is 1. The Morgan fingerprint density at radius 3 is 2.71 bits per heavy atom. The molecule has 0 radical (unpaired) electrons. The van der Waals surface area contributed by atoms with Crippen molar-refractivity contribution in [1.29, 1.82) is 0 Å². The summed E-state index contributed by atoms with van der Waals surface area (Å²) in [5, 5.41) is 15.7. The lowest BCUT2D eigenvalue weighted by Crippen LogP contribution is -2.33. The van der Waals surface area contributed by atoms with E-state index in [1.165, 1.54) is 4.90 Å². The van der Waals surface area contributed by atoms with Crippen molar-refractivity contribution in [2.45, 2.75) is 13.3 Å². The summed E-state index contributed by atoms with van der Waals surface area (Å²) < 4.78 is 8.57.